The summed E-state index contributed by atoms with van der Waals surface area (Å²) in [5, 5.41) is 4.96. The zero-order valence-corrected chi connectivity index (χ0v) is 18.7. The van der Waals surface area contributed by atoms with E-state index in [1.807, 2.05) is 0 Å². The van der Waals surface area contributed by atoms with Crippen LogP contribution in [0.15, 0.2) is 41.6 Å². The summed E-state index contributed by atoms with van der Waals surface area (Å²) in [7, 11) is -5.64. The molecule has 0 fully saturated rings. The lowest BCUT2D eigenvalue weighted by Crippen LogP contribution is -2.30. The molecule has 2 aromatic carbocycles. The molecule has 0 amide bonds. The average molecular weight is 504 g/mol. The molecular formula is C18H16Cl3F3N2O3S. The third-order valence-electron chi connectivity index (χ3n) is 3.75. The first-order valence-electron chi connectivity index (χ1n) is 8.34. The number of sulfonamides is 1. The largest absolute Gasteiger partial charge is 0.516 e. The number of alkyl halides is 3. The molecule has 1 N–H and O–H groups in total. The van der Waals surface area contributed by atoms with E-state index in [4.69, 9.17) is 39.6 Å². The Morgan fingerprint density at radius 3 is 2.27 bits per heavy atom. The molecule has 0 saturated heterocycles. The van der Waals surface area contributed by atoms with Crippen LogP contribution in [0.2, 0.25) is 15.1 Å². The van der Waals surface area contributed by atoms with E-state index >= 15 is 0 Å². The highest BCUT2D eigenvalue weighted by atomic mass is 35.5. The first-order valence-corrected chi connectivity index (χ1v) is 11.0. The Bertz CT molecular complexity index is 1060. The van der Waals surface area contributed by atoms with Gasteiger partial charge < -0.3 is 4.84 Å². The molecule has 0 aromatic heterocycles. The van der Waals surface area contributed by atoms with Crippen LogP contribution in [0.4, 0.5) is 18.9 Å². The Morgan fingerprint density at radius 2 is 1.70 bits per heavy atom. The van der Waals surface area contributed by atoms with Gasteiger partial charge in [-0.05, 0) is 36.2 Å². The molecule has 0 aliphatic heterocycles. The minimum Gasteiger partial charge on any atom is -0.391 e. The van der Waals surface area contributed by atoms with Gasteiger partial charge in [-0.3, -0.25) is 4.72 Å². The van der Waals surface area contributed by atoms with Crippen molar-refractivity contribution in [3.05, 3.63) is 62.6 Å². The van der Waals surface area contributed by atoms with Crippen LogP contribution in [0.3, 0.4) is 0 Å². The monoisotopic (exact) mass is 502 g/mol. The number of rotatable bonds is 7. The van der Waals surface area contributed by atoms with Crippen LogP contribution in [-0.2, 0) is 21.5 Å². The fourth-order valence-electron chi connectivity index (χ4n) is 2.30. The lowest BCUT2D eigenvalue weighted by Gasteiger charge is -2.17. The predicted octanol–water partition coefficient (Wildman–Crippen LogP) is 6.49. The molecule has 0 bridgehead atoms. The molecule has 5 nitrogen and oxygen atoms in total. The van der Waals surface area contributed by atoms with Gasteiger partial charge >= 0.3 is 15.5 Å². The van der Waals surface area contributed by atoms with Gasteiger partial charge in [0.15, 0.2) is 0 Å². The maximum Gasteiger partial charge on any atom is 0.516 e. The SMILES string of the molecule is CC(C)C(=NOCc1ccc(Cl)cc1Cl)c1cc(Cl)ccc1NS(=O)(=O)C(F)(F)F. The van der Waals surface area contributed by atoms with E-state index in [1.54, 1.807) is 26.0 Å². The Labute approximate surface area is 186 Å². The summed E-state index contributed by atoms with van der Waals surface area (Å²) in [6.07, 6.45) is 0. The molecule has 0 spiro atoms. The van der Waals surface area contributed by atoms with Gasteiger partial charge in [-0.25, -0.2) is 0 Å². The Hall–Kier alpha value is -1.68. The molecule has 2 rings (SSSR count). The van der Waals surface area contributed by atoms with Gasteiger partial charge in [-0.2, -0.15) is 21.6 Å². The number of hydrogen-bond donors (Lipinski definition) is 1. The third-order valence-corrected chi connectivity index (χ3v) is 5.67. The lowest BCUT2D eigenvalue weighted by atomic mass is 9.99. The summed E-state index contributed by atoms with van der Waals surface area (Å²) >= 11 is 17.9. The van der Waals surface area contributed by atoms with E-state index in [2.05, 4.69) is 5.16 Å². The van der Waals surface area contributed by atoms with Gasteiger partial charge in [0.1, 0.15) is 6.61 Å². The van der Waals surface area contributed by atoms with E-state index in [0.29, 0.717) is 15.6 Å². The molecule has 2 aromatic rings. The Morgan fingerprint density at radius 1 is 1.10 bits per heavy atom. The van der Waals surface area contributed by atoms with Crippen molar-refractivity contribution in [2.45, 2.75) is 26.0 Å². The molecule has 0 aliphatic rings. The molecule has 0 saturated carbocycles. The number of nitrogens with zero attached hydrogens (tertiary/aromatic N) is 1. The first kappa shape index (κ1) is 24.6. The highest BCUT2D eigenvalue weighted by Crippen LogP contribution is 2.30. The van der Waals surface area contributed by atoms with E-state index < -0.39 is 15.5 Å². The molecule has 0 radical (unpaired) electrons. The van der Waals surface area contributed by atoms with Crippen molar-refractivity contribution >= 4 is 56.2 Å². The zero-order valence-electron chi connectivity index (χ0n) is 15.6. The number of benzene rings is 2. The summed E-state index contributed by atoms with van der Waals surface area (Å²) in [5.74, 6) is -0.349. The Balaban J connectivity index is 2.39. The molecule has 30 heavy (non-hydrogen) atoms. The van der Waals surface area contributed by atoms with Crippen molar-refractivity contribution in [3.8, 4) is 0 Å². The minimum atomic E-state index is -5.64. The van der Waals surface area contributed by atoms with Crippen LogP contribution in [0.5, 0.6) is 0 Å². The van der Waals surface area contributed by atoms with Gasteiger partial charge in [-0.15, -0.1) is 0 Å². The van der Waals surface area contributed by atoms with Crippen LogP contribution in [0, 0.1) is 5.92 Å². The number of hydrogen-bond acceptors (Lipinski definition) is 4. The van der Waals surface area contributed by atoms with Gasteiger partial charge in [0.2, 0.25) is 0 Å². The fourth-order valence-corrected chi connectivity index (χ4v) is 3.51. The van der Waals surface area contributed by atoms with Crippen molar-refractivity contribution < 1.29 is 26.4 Å². The van der Waals surface area contributed by atoms with Gasteiger partial charge in [-0.1, -0.05) is 59.9 Å². The van der Waals surface area contributed by atoms with Crippen LogP contribution >= 0.6 is 34.8 Å². The van der Waals surface area contributed by atoms with Crippen molar-refractivity contribution in [2.24, 2.45) is 11.1 Å². The van der Waals surface area contributed by atoms with Gasteiger partial charge in [0.25, 0.3) is 0 Å². The number of halogens is 6. The summed E-state index contributed by atoms with van der Waals surface area (Å²) < 4.78 is 63.0. The smallest absolute Gasteiger partial charge is 0.391 e. The molecule has 0 aliphatic carbocycles. The first-order chi connectivity index (χ1) is 13.8. The Kier molecular flexibility index (Phi) is 7.90. The van der Waals surface area contributed by atoms with Crippen molar-refractivity contribution in [2.75, 3.05) is 4.72 Å². The standard InChI is InChI=1S/C18H16Cl3F3N2O3S/c1-10(2)17(25-29-9-11-3-4-13(20)8-15(11)21)14-7-12(19)5-6-16(14)26-30(27,28)18(22,23)24/h3-8,10,26H,9H2,1-2H3. The highest BCUT2D eigenvalue weighted by molar-refractivity contribution is 7.93. The summed E-state index contributed by atoms with van der Waals surface area (Å²) in [6, 6.07) is 8.45. The molecule has 0 unspecified atom stereocenters. The van der Waals surface area contributed by atoms with Crippen molar-refractivity contribution in [1.29, 1.82) is 0 Å². The zero-order chi connectivity index (χ0) is 22.7. The van der Waals surface area contributed by atoms with Crippen molar-refractivity contribution in [3.63, 3.8) is 0 Å². The maximum absolute atomic E-state index is 12.8. The fraction of sp³-hybridized carbons (Fsp3) is 0.278. The van der Waals surface area contributed by atoms with Crippen LogP contribution in [0.25, 0.3) is 0 Å². The summed E-state index contributed by atoms with van der Waals surface area (Å²) in [4.78, 5) is 5.33. The highest BCUT2D eigenvalue weighted by Gasteiger charge is 2.46. The molecular weight excluding hydrogens is 488 g/mol. The second-order valence-corrected chi connectivity index (χ2v) is 9.34. The lowest BCUT2D eigenvalue weighted by molar-refractivity contribution is -0.0429. The van der Waals surface area contributed by atoms with E-state index in [1.165, 1.54) is 22.9 Å². The van der Waals surface area contributed by atoms with E-state index in [9.17, 15) is 21.6 Å². The van der Waals surface area contributed by atoms with Crippen LogP contribution in [-0.4, -0.2) is 19.6 Å². The topological polar surface area (TPSA) is 67.8 Å². The quantitative estimate of drug-likeness (QED) is 0.347. The van der Waals surface area contributed by atoms with Crippen molar-refractivity contribution in [1.82, 2.24) is 0 Å². The van der Waals surface area contributed by atoms with E-state index in [0.717, 1.165) is 6.07 Å². The average Bonchev–Trinajstić information content (AvgIpc) is 2.60. The summed E-state index contributed by atoms with van der Waals surface area (Å²) in [5.41, 5.74) is -5.01. The third kappa shape index (κ3) is 6.16. The number of anilines is 1. The summed E-state index contributed by atoms with van der Waals surface area (Å²) in [6.45, 7) is 3.37. The molecule has 12 heteroatoms. The van der Waals surface area contributed by atoms with Crippen LogP contribution < -0.4 is 4.72 Å². The molecule has 0 atom stereocenters. The number of nitrogens with one attached hydrogen (secondary N) is 1. The van der Waals surface area contributed by atoms with E-state index in [-0.39, 0.29) is 34.5 Å². The van der Waals surface area contributed by atoms with Crippen LogP contribution in [0.1, 0.15) is 25.0 Å². The van der Waals surface area contributed by atoms with Gasteiger partial charge in [0, 0.05) is 26.2 Å². The number of oxime groups is 1. The normalized spacial score (nSPS) is 12.9. The minimum absolute atomic E-state index is 0.0452. The second-order valence-electron chi connectivity index (χ2n) is 6.38. The predicted molar refractivity (Wildman–Crippen MR) is 113 cm³/mol. The maximum atomic E-state index is 12.8. The molecule has 164 valence electrons. The second kappa shape index (κ2) is 9.64. The molecule has 0 heterocycles. The van der Waals surface area contributed by atoms with Gasteiger partial charge in [0.05, 0.1) is 11.4 Å².